The van der Waals surface area contributed by atoms with Crippen molar-refractivity contribution in [3.05, 3.63) is 23.3 Å². The molecular formula is C16H20O3. The molecule has 1 spiro atoms. The Kier molecular flexibility index (Phi) is 3.00. The Balaban J connectivity index is 2.02. The third kappa shape index (κ3) is 2.11. The van der Waals surface area contributed by atoms with Crippen molar-refractivity contribution in [2.45, 2.75) is 51.0 Å². The highest BCUT2D eigenvalue weighted by molar-refractivity contribution is 6.02. The summed E-state index contributed by atoms with van der Waals surface area (Å²) < 4.78 is 11.5. The summed E-state index contributed by atoms with van der Waals surface area (Å²) in [5.41, 5.74) is 1.45. The van der Waals surface area contributed by atoms with Crippen molar-refractivity contribution in [2.24, 2.45) is 0 Å². The Bertz CT molecular complexity index is 513. The van der Waals surface area contributed by atoms with Crippen LogP contribution in [0.25, 0.3) is 0 Å². The molecule has 1 heterocycles. The molecule has 1 fully saturated rings. The lowest BCUT2D eigenvalue weighted by molar-refractivity contribution is 0.0133. The fourth-order valence-electron chi connectivity index (χ4n) is 3.40. The fraction of sp³-hybridized carbons (Fsp3) is 0.562. The van der Waals surface area contributed by atoms with Crippen molar-refractivity contribution in [1.29, 1.82) is 0 Å². The van der Waals surface area contributed by atoms with Gasteiger partial charge in [-0.05, 0) is 44.2 Å². The molecule has 0 amide bonds. The molecular weight excluding hydrogens is 240 g/mol. The van der Waals surface area contributed by atoms with Crippen molar-refractivity contribution < 1.29 is 14.3 Å². The van der Waals surface area contributed by atoms with Gasteiger partial charge in [-0.1, -0.05) is 6.42 Å². The van der Waals surface area contributed by atoms with Crippen LogP contribution >= 0.6 is 0 Å². The number of hydrogen-bond acceptors (Lipinski definition) is 3. The molecule has 0 radical (unpaired) electrons. The van der Waals surface area contributed by atoms with E-state index in [1.165, 1.54) is 6.42 Å². The average Bonchev–Trinajstić information content (AvgIpc) is 2.38. The minimum atomic E-state index is -0.249. The summed E-state index contributed by atoms with van der Waals surface area (Å²) in [6, 6.07) is 3.76. The topological polar surface area (TPSA) is 35.5 Å². The van der Waals surface area contributed by atoms with Crippen LogP contribution in [0, 0.1) is 6.92 Å². The van der Waals surface area contributed by atoms with E-state index < -0.39 is 0 Å². The average molecular weight is 260 g/mol. The van der Waals surface area contributed by atoms with Gasteiger partial charge in [0.15, 0.2) is 5.78 Å². The Morgan fingerprint density at radius 3 is 2.63 bits per heavy atom. The molecule has 3 heteroatoms. The molecule has 3 nitrogen and oxygen atoms in total. The van der Waals surface area contributed by atoms with E-state index in [0.29, 0.717) is 6.42 Å². The molecule has 1 aliphatic heterocycles. The number of hydrogen-bond donors (Lipinski definition) is 0. The van der Waals surface area contributed by atoms with Crippen LogP contribution in [0.3, 0.4) is 0 Å². The Labute approximate surface area is 113 Å². The molecule has 1 aromatic carbocycles. The SMILES string of the molecule is COc1cc(C)c2c(c1)OC1(CCCCC1)CC2=O. The number of methoxy groups -OCH3 is 1. The number of Topliss-reactive ketones (excluding diaryl/α,β-unsaturated/α-hetero) is 1. The molecule has 0 N–H and O–H groups in total. The second-order valence-electron chi connectivity index (χ2n) is 5.76. The standard InChI is InChI=1S/C16H20O3/c1-11-8-12(18-2)9-14-15(11)13(17)10-16(19-14)6-4-3-5-7-16/h8-9H,3-7,10H2,1-2H3. The monoisotopic (exact) mass is 260 g/mol. The molecule has 0 aromatic heterocycles. The van der Waals surface area contributed by atoms with E-state index >= 15 is 0 Å². The lowest BCUT2D eigenvalue weighted by atomic mass is 9.78. The van der Waals surface area contributed by atoms with Crippen LogP contribution in [-0.2, 0) is 0 Å². The second kappa shape index (κ2) is 4.55. The third-order valence-electron chi connectivity index (χ3n) is 4.36. The number of aryl methyl sites for hydroxylation is 1. The first-order valence-corrected chi connectivity index (χ1v) is 7.04. The number of rotatable bonds is 1. The van der Waals surface area contributed by atoms with Gasteiger partial charge in [-0.15, -0.1) is 0 Å². The highest BCUT2D eigenvalue weighted by Gasteiger charge is 2.41. The Morgan fingerprint density at radius 1 is 1.21 bits per heavy atom. The summed E-state index contributed by atoms with van der Waals surface area (Å²) in [6.07, 6.45) is 6.09. The van der Waals surface area contributed by atoms with Crippen LogP contribution in [-0.4, -0.2) is 18.5 Å². The Morgan fingerprint density at radius 2 is 1.95 bits per heavy atom. The summed E-state index contributed by atoms with van der Waals surface area (Å²) in [7, 11) is 1.64. The minimum Gasteiger partial charge on any atom is -0.497 e. The molecule has 1 aromatic rings. The van der Waals surface area contributed by atoms with Gasteiger partial charge in [0.1, 0.15) is 17.1 Å². The highest BCUT2D eigenvalue weighted by atomic mass is 16.5. The highest BCUT2D eigenvalue weighted by Crippen LogP contribution is 2.43. The van der Waals surface area contributed by atoms with E-state index in [9.17, 15) is 4.79 Å². The van der Waals surface area contributed by atoms with Crippen LogP contribution in [0.5, 0.6) is 11.5 Å². The van der Waals surface area contributed by atoms with Crippen LogP contribution in [0.15, 0.2) is 12.1 Å². The number of carbonyl (C=O) groups excluding carboxylic acids is 1. The summed E-state index contributed by atoms with van der Waals surface area (Å²) in [5, 5.41) is 0. The predicted octanol–water partition coefficient (Wildman–Crippen LogP) is 3.67. The van der Waals surface area contributed by atoms with Crippen molar-refractivity contribution >= 4 is 5.78 Å². The molecule has 19 heavy (non-hydrogen) atoms. The van der Waals surface area contributed by atoms with E-state index in [1.807, 2.05) is 19.1 Å². The smallest absolute Gasteiger partial charge is 0.170 e. The molecule has 3 rings (SSSR count). The first-order valence-electron chi connectivity index (χ1n) is 7.04. The van der Waals surface area contributed by atoms with E-state index in [1.54, 1.807) is 7.11 Å². The van der Waals surface area contributed by atoms with Crippen LogP contribution in [0.2, 0.25) is 0 Å². The number of benzene rings is 1. The van der Waals surface area contributed by atoms with Gasteiger partial charge in [0.25, 0.3) is 0 Å². The molecule has 2 aliphatic rings. The number of fused-ring (bicyclic) bond motifs is 1. The van der Waals surface area contributed by atoms with Gasteiger partial charge in [-0.2, -0.15) is 0 Å². The first kappa shape index (κ1) is 12.5. The predicted molar refractivity (Wildman–Crippen MR) is 73.1 cm³/mol. The number of ketones is 1. The van der Waals surface area contributed by atoms with Gasteiger partial charge in [0, 0.05) is 6.07 Å². The quantitative estimate of drug-likeness (QED) is 0.772. The third-order valence-corrected chi connectivity index (χ3v) is 4.36. The normalized spacial score (nSPS) is 20.8. The van der Waals surface area contributed by atoms with E-state index in [2.05, 4.69) is 0 Å². The number of carbonyl (C=O) groups is 1. The van der Waals surface area contributed by atoms with Crippen molar-refractivity contribution in [3.8, 4) is 11.5 Å². The van der Waals surface area contributed by atoms with Crippen LogP contribution in [0.4, 0.5) is 0 Å². The largest absolute Gasteiger partial charge is 0.497 e. The summed E-state index contributed by atoms with van der Waals surface area (Å²) in [6.45, 7) is 1.95. The van der Waals surface area contributed by atoms with Gasteiger partial charge in [0.05, 0.1) is 19.1 Å². The number of ether oxygens (including phenoxy) is 2. The van der Waals surface area contributed by atoms with E-state index in [4.69, 9.17) is 9.47 Å². The minimum absolute atomic E-state index is 0.225. The zero-order valence-electron chi connectivity index (χ0n) is 11.6. The lowest BCUT2D eigenvalue weighted by Crippen LogP contribution is -2.43. The molecule has 0 bridgehead atoms. The molecule has 102 valence electrons. The van der Waals surface area contributed by atoms with Gasteiger partial charge < -0.3 is 9.47 Å². The van der Waals surface area contributed by atoms with Gasteiger partial charge in [0.2, 0.25) is 0 Å². The van der Waals surface area contributed by atoms with Crippen molar-refractivity contribution in [3.63, 3.8) is 0 Å². The second-order valence-corrected chi connectivity index (χ2v) is 5.76. The summed E-state index contributed by atoms with van der Waals surface area (Å²) in [5.74, 6) is 1.70. The first-order chi connectivity index (χ1) is 9.13. The zero-order chi connectivity index (χ0) is 13.5. The Hall–Kier alpha value is -1.51. The maximum absolute atomic E-state index is 12.5. The van der Waals surface area contributed by atoms with E-state index in [-0.39, 0.29) is 11.4 Å². The zero-order valence-corrected chi connectivity index (χ0v) is 11.6. The molecule has 1 saturated carbocycles. The van der Waals surface area contributed by atoms with Crippen LogP contribution < -0.4 is 9.47 Å². The molecule has 0 atom stereocenters. The van der Waals surface area contributed by atoms with Gasteiger partial charge >= 0.3 is 0 Å². The van der Waals surface area contributed by atoms with E-state index in [0.717, 1.165) is 48.3 Å². The van der Waals surface area contributed by atoms with Crippen molar-refractivity contribution in [1.82, 2.24) is 0 Å². The summed E-state index contributed by atoms with van der Waals surface area (Å²) in [4.78, 5) is 12.5. The molecule has 0 unspecified atom stereocenters. The fourth-order valence-corrected chi connectivity index (χ4v) is 3.40. The molecule has 1 aliphatic carbocycles. The summed E-state index contributed by atoms with van der Waals surface area (Å²) >= 11 is 0. The maximum atomic E-state index is 12.5. The van der Waals surface area contributed by atoms with Gasteiger partial charge in [-0.3, -0.25) is 4.79 Å². The lowest BCUT2D eigenvalue weighted by Gasteiger charge is -2.41. The van der Waals surface area contributed by atoms with Crippen LogP contribution in [0.1, 0.15) is 54.4 Å². The maximum Gasteiger partial charge on any atom is 0.170 e. The van der Waals surface area contributed by atoms with Gasteiger partial charge in [-0.25, -0.2) is 0 Å². The van der Waals surface area contributed by atoms with Crippen molar-refractivity contribution in [2.75, 3.05) is 7.11 Å². The molecule has 0 saturated heterocycles.